The van der Waals surface area contributed by atoms with Crippen molar-refractivity contribution in [1.29, 1.82) is 0 Å². The van der Waals surface area contributed by atoms with E-state index in [-0.39, 0.29) is 0 Å². The van der Waals surface area contributed by atoms with Crippen molar-refractivity contribution in [2.75, 3.05) is 0 Å². The van der Waals surface area contributed by atoms with Gasteiger partial charge in [0, 0.05) is 42.3 Å². The van der Waals surface area contributed by atoms with E-state index in [0.717, 1.165) is 41.2 Å². The summed E-state index contributed by atoms with van der Waals surface area (Å²) in [6.45, 7) is 4.59. The number of thiophene rings is 1. The molecular weight excluding hydrogens is 567 g/mol. The van der Waals surface area contributed by atoms with Crippen LogP contribution in [-0.4, -0.2) is 15.0 Å². The number of aromatic nitrogens is 3. The highest BCUT2D eigenvalue weighted by Gasteiger charge is 2.26. The van der Waals surface area contributed by atoms with E-state index in [1.807, 2.05) is 11.3 Å². The van der Waals surface area contributed by atoms with Gasteiger partial charge in [-0.05, 0) is 70.2 Å². The quantitative estimate of drug-likeness (QED) is 0.203. The Morgan fingerprint density at radius 3 is 2.33 bits per heavy atom. The van der Waals surface area contributed by atoms with Crippen LogP contribution in [0.5, 0.6) is 0 Å². The van der Waals surface area contributed by atoms with Gasteiger partial charge in [0.2, 0.25) is 0 Å². The second-order valence-corrected chi connectivity index (χ2v) is 13.7. The molecule has 4 heteroatoms. The van der Waals surface area contributed by atoms with E-state index in [0.29, 0.717) is 17.7 Å². The van der Waals surface area contributed by atoms with Crippen LogP contribution in [0.2, 0.25) is 0 Å². The number of hydrogen-bond donors (Lipinski definition) is 0. The Bertz CT molecular complexity index is 2430. The molecule has 45 heavy (non-hydrogen) atoms. The van der Waals surface area contributed by atoms with Crippen LogP contribution in [0.25, 0.3) is 70.1 Å². The van der Waals surface area contributed by atoms with E-state index in [2.05, 4.69) is 129 Å². The summed E-state index contributed by atoms with van der Waals surface area (Å²) in [6, 6.07) is 34.7. The minimum absolute atomic E-state index is 0.412. The van der Waals surface area contributed by atoms with Crippen molar-refractivity contribution >= 4 is 58.6 Å². The lowest BCUT2D eigenvalue weighted by Gasteiger charge is -2.28. The molecule has 0 aliphatic heterocycles. The Balaban J connectivity index is 1.34. The summed E-state index contributed by atoms with van der Waals surface area (Å²) in [4.78, 5) is 15.8. The Morgan fingerprint density at radius 1 is 0.622 bits per heavy atom. The minimum atomic E-state index is 0.412. The fraction of sp³-hybridized carbons (Fsp3) is 0.146. The summed E-state index contributed by atoms with van der Waals surface area (Å²) in [7, 11) is 0. The Kier molecular flexibility index (Phi) is 6.07. The molecule has 216 valence electrons. The van der Waals surface area contributed by atoms with Crippen LogP contribution in [0.15, 0.2) is 126 Å². The Labute approximate surface area is 266 Å². The molecule has 0 bridgehead atoms. The molecular formula is C41H31N3S. The maximum Gasteiger partial charge on any atom is 0.164 e. The monoisotopic (exact) mass is 597 g/mol. The van der Waals surface area contributed by atoms with Gasteiger partial charge in [0.25, 0.3) is 0 Å². The third kappa shape index (κ3) is 4.43. The number of nitrogens with zero attached hydrogens (tertiary/aromatic N) is 3. The van der Waals surface area contributed by atoms with Gasteiger partial charge < -0.3 is 0 Å². The van der Waals surface area contributed by atoms with Crippen molar-refractivity contribution in [3.8, 4) is 22.8 Å². The molecule has 2 aliphatic carbocycles. The molecule has 0 radical (unpaired) electrons. The van der Waals surface area contributed by atoms with E-state index in [1.165, 1.54) is 52.9 Å². The van der Waals surface area contributed by atoms with Crippen LogP contribution in [0.3, 0.4) is 0 Å². The predicted molar refractivity (Wildman–Crippen MR) is 190 cm³/mol. The van der Waals surface area contributed by atoms with E-state index in [9.17, 15) is 0 Å². The molecule has 0 amide bonds. The highest BCUT2D eigenvalue weighted by Crippen LogP contribution is 2.44. The lowest BCUT2D eigenvalue weighted by Crippen LogP contribution is -2.14. The van der Waals surface area contributed by atoms with Crippen molar-refractivity contribution in [2.45, 2.75) is 26.7 Å². The van der Waals surface area contributed by atoms with Crippen molar-refractivity contribution in [1.82, 2.24) is 15.0 Å². The molecule has 2 aliphatic rings. The topological polar surface area (TPSA) is 38.7 Å². The van der Waals surface area contributed by atoms with Crippen LogP contribution in [-0.2, 0) is 0 Å². The number of benzene rings is 5. The second kappa shape index (κ2) is 10.3. The van der Waals surface area contributed by atoms with Gasteiger partial charge in [0.05, 0.1) is 0 Å². The smallest absolute Gasteiger partial charge is 0.164 e. The summed E-state index contributed by atoms with van der Waals surface area (Å²) in [5.41, 5.74) is 6.01. The first-order valence-corrected chi connectivity index (χ1v) is 16.6. The summed E-state index contributed by atoms with van der Waals surface area (Å²) >= 11 is 1.85. The molecule has 0 fully saturated rings. The minimum Gasteiger partial charge on any atom is -0.208 e. The highest BCUT2D eigenvalue weighted by atomic mass is 32.1. The molecule has 3 nitrogen and oxygen atoms in total. The first-order chi connectivity index (χ1) is 22.1. The number of fused-ring (bicyclic) bond motifs is 6. The first-order valence-electron chi connectivity index (χ1n) is 15.8. The van der Waals surface area contributed by atoms with Gasteiger partial charge >= 0.3 is 0 Å². The van der Waals surface area contributed by atoms with Crippen LogP contribution in [0.4, 0.5) is 0 Å². The third-order valence-electron chi connectivity index (χ3n) is 9.37. The Morgan fingerprint density at radius 2 is 1.40 bits per heavy atom. The van der Waals surface area contributed by atoms with Crippen molar-refractivity contribution in [2.24, 2.45) is 11.8 Å². The van der Waals surface area contributed by atoms with Gasteiger partial charge in [-0.25, -0.2) is 15.0 Å². The van der Waals surface area contributed by atoms with E-state index in [1.54, 1.807) is 0 Å². The van der Waals surface area contributed by atoms with Gasteiger partial charge in [-0.2, -0.15) is 0 Å². The lowest BCUT2D eigenvalue weighted by atomic mass is 9.78. The van der Waals surface area contributed by atoms with E-state index in [4.69, 9.17) is 15.0 Å². The molecule has 0 saturated heterocycles. The van der Waals surface area contributed by atoms with Gasteiger partial charge in [0.1, 0.15) is 0 Å². The van der Waals surface area contributed by atoms with Crippen LogP contribution in [0, 0.1) is 11.8 Å². The predicted octanol–water partition coefficient (Wildman–Crippen LogP) is 11.2. The molecule has 2 unspecified atom stereocenters. The van der Waals surface area contributed by atoms with Gasteiger partial charge in [-0.15, -0.1) is 11.3 Å². The average molecular weight is 598 g/mol. The van der Waals surface area contributed by atoms with Crippen LogP contribution in [0.1, 0.15) is 32.5 Å². The summed E-state index contributed by atoms with van der Waals surface area (Å²) in [5.74, 6) is 3.10. The number of allylic oxidation sites excluding steroid dienone is 6. The summed E-state index contributed by atoms with van der Waals surface area (Å²) in [5, 5.41) is 7.34. The summed E-state index contributed by atoms with van der Waals surface area (Å²) in [6.07, 6.45) is 9.14. The maximum absolute atomic E-state index is 5.34. The molecule has 2 aromatic heterocycles. The van der Waals surface area contributed by atoms with Gasteiger partial charge in [-0.1, -0.05) is 111 Å². The molecule has 0 N–H and O–H groups in total. The van der Waals surface area contributed by atoms with Gasteiger partial charge in [-0.3, -0.25) is 0 Å². The largest absolute Gasteiger partial charge is 0.208 e. The van der Waals surface area contributed by atoms with Crippen molar-refractivity contribution < 1.29 is 0 Å². The number of rotatable bonds is 3. The third-order valence-corrected chi connectivity index (χ3v) is 10.5. The maximum atomic E-state index is 5.34. The lowest BCUT2D eigenvalue weighted by molar-refractivity contribution is 0.659. The highest BCUT2D eigenvalue weighted by molar-refractivity contribution is 7.26. The molecule has 5 aromatic carbocycles. The zero-order valence-electron chi connectivity index (χ0n) is 25.3. The van der Waals surface area contributed by atoms with Crippen LogP contribution < -0.4 is 0 Å². The fourth-order valence-corrected chi connectivity index (χ4v) is 8.34. The zero-order chi connectivity index (χ0) is 30.1. The fourth-order valence-electron chi connectivity index (χ4n) is 7.23. The first kappa shape index (κ1) is 26.5. The molecule has 0 saturated carbocycles. The molecule has 2 heterocycles. The van der Waals surface area contributed by atoms with Crippen LogP contribution >= 0.6 is 11.3 Å². The normalized spacial score (nSPS) is 18.2. The molecule has 0 spiro atoms. The van der Waals surface area contributed by atoms with E-state index >= 15 is 0 Å². The standard InChI is InChI=1S/C41H31N3S/c1-24-14-15-29-20-25(2)22-34(33(29)21-24)41-43-39(30-17-16-26-8-3-4-9-28(26)23-30)42-40(44-41)32-12-7-10-27-18-19-36-38(37(27)32)31-11-5-6-13-35(31)45-36/h3-19,22-25H,20-21H2,1-2H3. The molecule has 7 aromatic rings. The van der Waals surface area contributed by atoms with Crippen molar-refractivity contribution in [3.63, 3.8) is 0 Å². The molecule has 2 atom stereocenters. The van der Waals surface area contributed by atoms with Crippen molar-refractivity contribution in [3.05, 3.63) is 132 Å². The summed E-state index contributed by atoms with van der Waals surface area (Å²) < 4.78 is 2.57. The zero-order valence-corrected chi connectivity index (χ0v) is 26.1. The van der Waals surface area contributed by atoms with E-state index < -0.39 is 0 Å². The SMILES string of the molecule is CC1C=C(c2nc(-c3ccc4ccccc4c3)nc(-c3cccc4ccc5sc6ccccc6c5c34)n2)C2=C(C=CC(C)C2)C1. The number of hydrogen-bond acceptors (Lipinski definition) is 4. The average Bonchev–Trinajstić information content (AvgIpc) is 3.46. The van der Waals surface area contributed by atoms with Gasteiger partial charge in [0.15, 0.2) is 17.5 Å². The second-order valence-electron chi connectivity index (χ2n) is 12.6. The Hall–Kier alpha value is -4.93. The molecule has 9 rings (SSSR count).